The lowest BCUT2D eigenvalue weighted by Gasteiger charge is -2.32. The first-order valence-electron chi connectivity index (χ1n) is 22.5. The fourth-order valence-electron chi connectivity index (χ4n) is 8.20. The third-order valence-electron chi connectivity index (χ3n) is 11.7. The molecule has 0 bridgehead atoms. The minimum absolute atomic E-state index is 0.140. The van der Waals surface area contributed by atoms with E-state index >= 15 is 0 Å². The molecule has 348 valence electrons. The summed E-state index contributed by atoms with van der Waals surface area (Å²) in [5.74, 6) is 2.12. The Morgan fingerprint density at radius 1 is 0.559 bits per heavy atom. The maximum atomic E-state index is 12.1. The monoisotopic (exact) mass is 950 g/mol. The molecule has 4 aromatic heterocycles. The lowest BCUT2D eigenvalue weighted by atomic mass is 9.93. The molecule has 0 radical (unpaired) electrons. The smallest absolute Gasteiger partial charge is 0.251 e. The number of carbonyl (C=O) groups excluding carboxylic acids is 2. The molecule has 2 aliphatic heterocycles. The molecule has 4 aromatic carbocycles. The number of thiazole rings is 2. The Hall–Kier alpha value is -7.12. The van der Waals surface area contributed by atoms with Gasteiger partial charge in [-0.15, -0.1) is 0 Å². The average Bonchev–Trinajstić information content (AvgIpc) is 3.98. The van der Waals surface area contributed by atoms with Crippen LogP contribution < -0.4 is 20.1 Å². The number of aromatic nitrogens is 6. The quantitative estimate of drug-likeness (QED) is 0.0902. The Balaban J connectivity index is 0.000000170. The number of likely N-dealkylation sites (tertiary alicyclic amines) is 2. The molecule has 2 saturated heterocycles. The van der Waals surface area contributed by atoms with Crippen molar-refractivity contribution in [2.75, 3.05) is 36.8 Å². The second-order valence-electron chi connectivity index (χ2n) is 16.5. The Morgan fingerprint density at radius 3 is 1.29 bits per heavy atom. The van der Waals surface area contributed by atoms with E-state index in [2.05, 4.69) is 52.7 Å². The molecule has 2 fully saturated rings. The van der Waals surface area contributed by atoms with Gasteiger partial charge >= 0.3 is 0 Å². The van der Waals surface area contributed by atoms with Crippen molar-refractivity contribution in [3.8, 4) is 23.3 Å². The Labute approximate surface area is 400 Å². The molecule has 0 saturated carbocycles. The fourth-order valence-corrected chi connectivity index (χ4v) is 9.97. The molecule has 0 unspecified atom stereocenters. The Kier molecular flexibility index (Phi) is 14.4. The van der Waals surface area contributed by atoms with E-state index in [9.17, 15) is 19.8 Å². The van der Waals surface area contributed by atoms with Crippen LogP contribution in [-0.2, 0) is 9.59 Å². The van der Waals surface area contributed by atoms with Gasteiger partial charge in [0.25, 0.3) is 11.8 Å². The molecule has 68 heavy (non-hydrogen) atoms. The van der Waals surface area contributed by atoms with E-state index in [1.165, 1.54) is 13.8 Å². The number of hydrogen-bond donors (Lipinski definition) is 4. The number of nitrogens with zero attached hydrogens (tertiary/aromatic N) is 8. The minimum atomic E-state index is -0.973. The molecule has 18 heteroatoms. The van der Waals surface area contributed by atoms with Gasteiger partial charge in [0.2, 0.25) is 11.8 Å². The van der Waals surface area contributed by atoms with Crippen LogP contribution in [0.25, 0.3) is 20.4 Å². The molecule has 10 rings (SSSR count). The number of aliphatic hydroxyl groups is 2. The zero-order valence-electron chi connectivity index (χ0n) is 37.4. The number of para-hydroxylation sites is 2. The van der Waals surface area contributed by atoms with Crippen molar-refractivity contribution >= 4 is 76.6 Å². The van der Waals surface area contributed by atoms with Crippen molar-refractivity contribution in [1.82, 2.24) is 39.7 Å². The number of hydrogen-bond acceptors (Lipinski definition) is 16. The van der Waals surface area contributed by atoms with Crippen molar-refractivity contribution in [2.24, 2.45) is 0 Å². The van der Waals surface area contributed by atoms with Crippen LogP contribution in [0.3, 0.4) is 0 Å². The first kappa shape index (κ1) is 46.0. The summed E-state index contributed by atoms with van der Waals surface area (Å²) in [6, 6.07) is 31.4. The number of aliphatic hydroxyl groups excluding tert-OH is 2. The van der Waals surface area contributed by atoms with Crippen molar-refractivity contribution < 1.29 is 29.3 Å². The number of rotatable bonds is 12. The van der Waals surface area contributed by atoms with E-state index in [1.54, 1.807) is 57.3 Å². The lowest BCUT2D eigenvalue weighted by Crippen LogP contribution is -2.42. The predicted molar refractivity (Wildman–Crippen MR) is 263 cm³/mol. The zero-order chi connectivity index (χ0) is 47.0. The molecule has 6 heterocycles. The van der Waals surface area contributed by atoms with E-state index in [0.29, 0.717) is 49.4 Å². The van der Waals surface area contributed by atoms with Crippen LogP contribution in [0.5, 0.6) is 23.3 Å². The normalized spacial score (nSPS) is 15.3. The van der Waals surface area contributed by atoms with Gasteiger partial charge in [-0.05, 0) is 112 Å². The zero-order valence-corrected chi connectivity index (χ0v) is 39.1. The van der Waals surface area contributed by atoms with Crippen LogP contribution in [0.15, 0.2) is 122 Å². The number of piperidine rings is 2. The van der Waals surface area contributed by atoms with Gasteiger partial charge in [-0.25, -0.2) is 19.9 Å². The topological polar surface area (TPSA) is 201 Å². The summed E-state index contributed by atoms with van der Waals surface area (Å²) >= 11 is 3.22. The number of ether oxygens (including phenoxy) is 2. The molecule has 2 amide bonds. The number of benzene rings is 4. The maximum absolute atomic E-state index is 12.1. The first-order valence-corrected chi connectivity index (χ1v) is 24.1. The second kappa shape index (κ2) is 21.2. The summed E-state index contributed by atoms with van der Waals surface area (Å²) in [7, 11) is 0. The van der Waals surface area contributed by atoms with Gasteiger partial charge in [0, 0.05) is 74.2 Å². The molecule has 2 aliphatic rings. The maximum Gasteiger partial charge on any atom is 0.251 e. The average molecular weight is 951 g/mol. The molecule has 8 aromatic rings. The fraction of sp³-hybridized carbons (Fsp3) is 0.280. The number of amides is 2. The number of fused-ring (bicyclic) bond motifs is 2. The molecule has 4 N–H and O–H groups in total. The second-order valence-corrected chi connectivity index (χ2v) is 18.6. The van der Waals surface area contributed by atoms with Crippen LogP contribution in [0.1, 0.15) is 62.8 Å². The number of anilines is 4. The minimum Gasteiger partial charge on any atom is -0.437 e. The van der Waals surface area contributed by atoms with Crippen LogP contribution in [0.2, 0.25) is 0 Å². The molecule has 0 spiro atoms. The van der Waals surface area contributed by atoms with E-state index in [-0.39, 0.29) is 23.7 Å². The third kappa shape index (κ3) is 11.2. The Morgan fingerprint density at radius 2 is 0.926 bits per heavy atom. The summed E-state index contributed by atoms with van der Waals surface area (Å²) in [4.78, 5) is 54.6. The predicted octanol–water partition coefficient (Wildman–Crippen LogP) is 9.42. The van der Waals surface area contributed by atoms with Crippen LogP contribution in [-0.4, -0.2) is 100 Å². The van der Waals surface area contributed by atoms with E-state index < -0.39 is 12.2 Å². The third-order valence-corrected chi connectivity index (χ3v) is 13.6. The van der Waals surface area contributed by atoms with Crippen LogP contribution in [0, 0.1) is 0 Å². The van der Waals surface area contributed by atoms with Crippen LogP contribution >= 0.6 is 22.7 Å². The molecule has 2 atom stereocenters. The van der Waals surface area contributed by atoms with Crippen molar-refractivity contribution in [2.45, 2.75) is 63.6 Å². The largest absolute Gasteiger partial charge is 0.437 e. The number of carbonyl (C=O) groups is 2. The van der Waals surface area contributed by atoms with Gasteiger partial charge in [0.1, 0.15) is 35.1 Å². The van der Waals surface area contributed by atoms with Gasteiger partial charge in [-0.3, -0.25) is 19.6 Å². The summed E-state index contributed by atoms with van der Waals surface area (Å²) in [6.07, 6.45) is 7.62. The van der Waals surface area contributed by atoms with Gasteiger partial charge in [-0.2, -0.15) is 0 Å². The summed E-state index contributed by atoms with van der Waals surface area (Å²) in [6.45, 7) is 5.33. The first-order chi connectivity index (χ1) is 33.1. The SMILES string of the molecule is C[C@@H](O)C(=O)N1CCC(c2nccnc2Oc2ccc(Nc3nc4ccccc4s3)cc2)CC1.C[C@H](O)C(=O)N1CCC(c2nccnc2Oc2ccc(Nc3nc4ccccc4s3)cc2)CC1. The van der Waals surface area contributed by atoms with Gasteiger partial charge < -0.3 is 40.1 Å². The summed E-state index contributed by atoms with van der Waals surface area (Å²) in [5, 5.41) is 27.5. The van der Waals surface area contributed by atoms with Crippen molar-refractivity contribution in [1.29, 1.82) is 0 Å². The lowest BCUT2D eigenvalue weighted by molar-refractivity contribution is -0.140. The molecular weight excluding hydrogens is 901 g/mol. The summed E-state index contributed by atoms with van der Waals surface area (Å²) < 4.78 is 14.5. The van der Waals surface area contributed by atoms with Crippen molar-refractivity contribution in [3.63, 3.8) is 0 Å². The standard InChI is InChI=1S/2C25H25N5O3S/c2*1-16(31)24(32)30-14-10-17(11-15-30)22-23(27-13-12-26-22)33-19-8-6-18(7-9-19)28-25-29-20-4-2-3-5-21(20)34-25/h2*2-9,12-13,16-17,31H,10-11,14-15H2,1H3,(H,28,29)/t2*16-/m10/s1. The number of nitrogens with one attached hydrogen (secondary N) is 2. The van der Waals surface area contributed by atoms with Crippen molar-refractivity contribution in [3.05, 3.63) is 133 Å². The molecular formula is C50H50N10O6S2. The van der Waals surface area contributed by atoms with E-state index in [0.717, 1.165) is 79.1 Å². The van der Waals surface area contributed by atoms with E-state index in [4.69, 9.17) is 9.47 Å². The highest BCUT2D eigenvalue weighted by atomic mass is 32.1. The molecule has 16 nitrogen and oxygen atoms in total. The summed E-state index contributed by atoms with van der Waals surface area (Å²) in [5.41, 5.74) is 5.38. The highest BCUT2D eigenvalue weighted by molar-refractivity contribution is 7.22. The highest BCUT2D eigenvalue weighted by Crippen LogP contribution is 2.37. The highest BCUT2D eigenvalue weighted by Gasteiger charge is 2.30. The van der Waals surface area contributed by atoms with Gasteiger partial charge in [-0.1, -0.05) is 46.9 Å². The van der Waals surface area contributed by atoms with Gasteiger partial charge in [0.15, 0.2) is 10.3 Å². The van der Waals surface area contributed by atoms with Crippen LogP contribution in [0.4, 0.5) is 21.6 Å². The van der Waals surface area contributed by atoms with Gasteiger partial charge in [0.05, 0.1) is 20.4 Å². The Bertz CT molecular complexity index is 2700. The van der Waals surface area contributed by atoms with E-state index in [1.807, 2.05) is 84.9 Å². The molecule has 0 aliphatic carbocycles.